The molecule has 0 bridgehead atoms. The molecule has 1 amide bonds. The Morgan fingerprint density at radius 3 is 2.46 bits per heavy atom. The summed E-state index contributed by atoms with van der Waals surface area (Å²) < 4.78 is 4.16. The maximum absolute atomic E-state index is 13.1. The average Bonchev–Trinajstić information content (AvgIpc) is 3.56. The zero-order valence-corrected chi connectivity index (χ0v) is 20.6. The summed E-state index contributed by atoms with van der Waals surface area (Å²) >= 11 is 0. The highest BCUT2D eigenvalue weighted by molar-refractivity contribution is 5.94. The molecule has 35 heavy (non-hydrogen) atoms. The van der Waals surface area contributed by atoms with Gasteiger partial charge in [-0.25, -0.2) is 4.68 Å². The average molecular weight is 469 g/mol. The molecule has 0 saturated carbocycles. The van der Waals surface area contributed by atoms with E-state index in [9.17, 15) is 4.79 Å². The standard InChI is InChI=1S/C29H33N5O/c1-3-23-11-9-10-22(2)27(23)31-28(35)24-14-18-32(19-15-24)21-25-20-30-34(26-12-5-4-6-13-26)29(25)33-16-7-8-17-33/h4-13,16-17,20,24H,3,14-15,18-19,21H2,1-2H3,(H,31,35)/p+1. The van der Waals surface area contributed by atoms with Crippen molar-refractivity contribution in [3.63, 3.8) is 0 Å². The lowest BCUT2D eigenvalue weighted by Crippen LogP contribution is -3.11. The first-order valence-corrected chi connectivity index (χ1v) is 12.6. The van der Waals surface area contributed by atoms with Gasteiger partial charge in [0, 0.05) is 36.8 Å². The number of hydrogen-bond acceptors (Lipinski definition) is 2. The van der Waals surface area contributed by atoms with Crippen LogP contribution < -0.4 is 10.2 Å². The lowest BCUT2D eigenvalue weighted by atomic mass is 9.95. The predicted molar refractivity (Wildman–Crippen MR) is 139 cm³/mol. The summed E-state index contributed by atoms with van der Waals surface area (Å²) in [5.41, 5.74) is 5.61. The molecule has 2 N–H and O–H groups in total. The molecule has 0 radical (unpaired) electrons. The fourth-order valence-corrected chi connectivity index (χ4v) is 5.17. The van der Waals surface area contributed by atoms with Crippen LogP contribution in [0.2, 0.25) is 0 Å². The highest BCUT2D eigenvalue weighted by Gasteiger charge is 2.29. The number of nitrogens with zero attached hydrogens (tertiary/aromatic N) is 3. The van der Waals surface area contributed by atoms with Crippen LogP contribution in [0, 0.1) is 12.8 Å². The maximum atomic E-state index is 13.1. The first-order valence-electron chi connectivity index (χ1n) is 12.6. The first-order chi connectivity index (χ1) is 17.1. The molecule has 3 heterocycles. The lowest BCUT2D eigenvalue weighted by molar-refractivity contribution is -0.919. The van der Waals surface area contributed by atoms with Gasteiger partial charge in [-0.05, 0) is 48.7 Å². The molecule has 6 heteroatoms. The van der Waals surface area contributed by atoms with Crippen molar-refractivity contribution < 1.29 is 9.69 Å². The number of benzene rings is 2. The molecule has 1 fully saturated rings. The third kappa shape index (κ3) is 4.93. The number of carbonyl (C=O) groups is 1. The molecule has 2 aromatic carbocycles. The summed E-state index contributed by atoms with van der Waals surface area (Å²) in [4.78, 5) is 14.6. The summed E-state index contributed by atoms with van der Waals surface area (Å²) in [6, 6.07) is 20.6. The summed E-state index contributed by atoms with van der Waals surface area (Å²) in [6.07, 6.45) is 8.86. The fourth-order valence-electron chi connectivity index (χ4n) is 5.17. The van der Waals surface area contributed by atoms with Crippen molar-refractivity contribution in [1.29, 1.82) is 0 Å². The second kappa shape index (κ2) is 10.3. The Morgan fingerprint density at radius 2 is 1.74 bits per heavy atom. The first kappa shape index (κ1) is 23.1. The molecular formula is C29H34N5O+. The summed E-state index contributed by atoms with van der Waals surface area (Å²) in [6.45, 7) is 7.06. The molecular weight excluding hydrogens is 434 g/mol. The van der Waals surface area contributed by atoms with Crippen LogP contribution in [0.5, 0.6) is 0 Å². The fraction of sp³-hybridized carbons (Fsp3) is 0.310. The maximum Gasteiger partial charge on any atom is 0.227 e. The van der Waals surface area contributed by atoms with E-state index in [2.05, 4.69) is 66.5 Å². The van der Waals surface area contributed by atoms with Crippen molar-refractivity contribution in [2.45, 2.75) is 39.7 Å². The van der Waals surface area contributed by atoms with E-state index in [1.165, 1.54) is 16.0 Å². The number of hydrogen-bond donors (Lipinski definition) is 2. The number of quaternary nitrogens is 1. The minimum atomic E-state index is 0.0685. The van der Waals surface area contributed by atoms with Crippen LogP contribution in [-0.2, 0) is 17.8 Å². The van der Waals surface area contributed by atoms with Crippen molar-refractivity contribution in [1.82, 2.24) is 14.3 Å². The molecule has 6 nitrogen and oxygen atoms in total. The molecule has 0 atom stereocenters. The number of aromatic nitrogens is 3. The molecule has 0 aliphatic carbocycles. The molecule has 0 spiro atoms. The molecule has 1 aliphatic rings. The van der Waals surface area contributed by atoms with Gasteiger partial charge in [0.2, 0.25) is 5.91 Å². The van der Waals surface area contributed by atoms with E-state index in [1.807, 2.05) is 41.2 Å². The monoisotopic (exact) mass is 468 g/mol. The van der Waals surface area contributed by atoms with E-state index in [0.29, 0.717) is 0 Å². The van der Waals surface area contributed by atoms with Crippen LogP contribution >= 0.6 is 0 Å². The normalized spacial score (nSPS) is 17.9. The molecule has 2 aromatic heterocycles. The Balaban J connectivity index is 1.27. The number of likely N-dealkylation sites (tertiary alicyclic amines) is 1. The number of aryl methyl sites for hydroxylation is 2. The SMILES string of the molecule is CCc1cccc(C)c1NC(=O)C1CC[NH+](Cc2cnn(-c3ccccc3)c2-n2cccc2)CC1. The van der Waals surface area contributed by atoms with Crippen LogP contribution in [0.15, 0.2) is 79.3 Å². The number of piperidine rings is 1. The number of amides is 1. The van der Waals surface area contributed by atoms with Gasteiger partial charge in [-0.2, -0.15) is 5.10 Å². The van der Waals surface area contributed by atoms with Crippen LogP contribution in [0.4, 0.5) is 5.69 Å². The largest absolute Gasteiger partial charge is 0.331 e. The number of carbonyl (C=O) groups excluding carboxylic acids is 1. The highest BCUT2D eigenvalue weighted by atomic mass is 16.1. The van der Waals surface area contributed by atoms with E-state index >= 15 is 0 Å². The molecule has 5 rings (SSSR count). The quantitative estimate of drug-likeness (QED) is 0.431. The second-order valence-corrected chi connectivity index (χ2v) is 9.48. The molecule has 4 aromatic rings. The van der Waals surface area contributed by atoms with E-state index in [0.717, 1.165) is 61.7 Å². The van der Waals surface area contributed by atoms with Gasteiger partial charge in [-0.1, -0.05) is 43.3 Å². The number of para-hydroxylation sites is 2. The number of nitrogens with one attached hydrogen (secondary N) is 2. The molecule has 1 aliphatic heterocycles. The van der Waals surface area contributed by atoms with E-state index < -0.39 is 0 Å². The Bertz CT molecular complexity index is 1270. The topological polar surface area (TPSA) is 56.3 Å². The van der Waals surface area contributed by atoms with Gasteiger partial charge in [0.15, 0.2) is 0 Å². The number of rotatable bonds is 7. The minimum Gasteiger partial charge on any atom is -0.331 e. The van der Waals surface area contributed by atoms with Gasteiger partial charge in [-0.3, -0.25) is 4.79 Å². The predicted octanol–water partition coefficient (Wildman–Crippen LogP) is 3.97. The zero-order chi connectivity index (χ0) is 24.2. The van der Waals surface area contributed by atoms with Crippen LogP contribution in [0.25, 0.3) is 11.5 Å². The van der Waals surface area contributed by atoms with Gasteiger partial charge >= 0.3 is 0 Å². The Morgan fingerprint density at radius 1 is 1.00 bits per heavy atom. The highest BCUT2D eigenvalue weighted by Crippen LogP contribution is 2.24. The lowest BCUT2D eigenvalue weighted by Gasteiger charge is -2.29. The van der Waals surface area contributed by atoms with E-state index in [4.69, 9.17) is 5.10 Å². The third-order valence-electron chi connectivity index (χ3n) is 7.16. The van der Waals surface area contributed by atoms with Crippen molar-refractivity contribution >= 4 is 11.6 Å². The molecule has 180 valence electrons. The molecule has 1 saturated heterocycles. The van der Waals surface area contributed by atoms with Gasteiger partial charge in [-0.15, -0.1) is 0 Å². The minimum absolute atomic E-state index is 0.0685. The van der Waals surface area contributed by atoms with Crippen molar-refractivity contribution in [2.24, 2.45) is 5.92 Å². The smallest absolute Gasteiger partial charge is 0.227 e. The van der Waals surface area contributed by atoms with Crippen molar-refractivity contribution in [2.75, 3.05) is 18.4 Å². The molecule has 0 unspecified atom stereocenters. The van der Waals surface area contributed by atoms with Gasteiger partial charge < -0.3 is 14.8 Å². The van der Waals surface area contributed by atoms with Crippen LogP contribution in [-0.4, -0.2) is 33.3 Å². The van der Waals surface area contributed by atoms with Crippen molar-refractivity contribution in [3.8, 4) is 11.5 Å². The van der Waals surface area contributed by atoms with Crippen LogP contribution in [0.3, 0.4) is 0 Å². The van der Waals surface area contributed by atoms with E-state index in [1.54, 1.807) is 0 Å². The second-order valence-electron chi connectivity index (χ2n) is 9.48. The zero-order valence-electron chi connectivity index (χ0n) is 20.6. The van der Waals surface area contributed by atoms with E-state index in [-0.39, 0.29) is 11.8 Å². The van der Waals surface area contributed by atoms with Crippen LogP contribution in [0.1, 0.15) is 36.5 Å². The third-order valence-corrected chi connectivity index (χ3v) is 7.16. The summed E-state index contributed by atoms with van der Waals surface area (Å²) in [7, 11) is 0. The summed E-state index contributed by atoms with van der Waals surface area (Å²) in [5.74, 6) is 1.32. The Labute approximate surface area is 207 Å². The van der Waals surface area contributed by atoms with Gasteiger partial charge in [0.25, 0.3) is 0 Å². The number of anilines is 1. The van der Waals surface area contributed by atoms with Gasteiger partial charge in [0.05, 0.1) is 30.5 Å². The van der Waals surface area contributed by atoms with Gasteiger partial charge in [0.1, 0.15) is 12.4 Å². The Hall–Kier alpha value is -3.64. The van der Waals surface area contributed by atoms with Crippen molar-refractivity contribution in [3.05, 3.63) is 95.9 Å². The Kier molecular flexibility index (Phi) is 6.82. The summed E-state index contributed by atoms with van der Waals surface area (Å²) in [5, 5.41) is 7.99.